The van der Waals surface area contributed by atoms with E-state index < -0.39 is 0 Å². The molecule has 2 amide bonds. The van der Waals surface area contributed by atoms with Crippen LogP contribution in [0.4, 0.5) is 5.69 Å². The highest BCUT2D eigenvalue weighted by atomic mass is 35.5. The van der Waals surface area contributed by atoms with Gasteiger partial charge in [-0.1, -0.05) is 11.6 Å². The first-order chi connectivity index (χ1) is 11.8. The summed E-state index contributed by atoms with van der Waals surface area (Å²) in [7, 11) is 1.77. The Bertz CT molecular complexity index is 687. The summed E-state index contributed by atoms with van der Waals surface area (Å²) in [5, 5.41) is 6.74. The zero-order chi connectivity index (χ0) is 18.2. The lowest BCUT2D eigenvalue weighted by Crippen LogP contribution is -2.33. The van der Waals surface area contributed by atoms with E-state index in [4.69, 9.17) is 11.6 Å². The molecule has 1 unspecified atom stereocenters. The number of halogens is 2. The summed E-state index contributed by atoms with van der Waals surface area (Å²) < 4.78 is 0. The average molecular weight is 400 g/mol. The Morgan fingerprint density at radius 2 is 1.96 bits per heavy atom. The number of nitrogens with one attached hydrogen (secondary N) is 2. The Morgan fingerprint density at radius 3 is 2.58 bits per heavy atom. The SMILES string of the molecule is CC(C)N(C)C(=O)c1ccc(Cl)c(NC(=O)C2CC23CCNCC3)c1.Cl. The van der Waals surface area contributed by atoms with Crippen molar-refractivity contribution >= 4 is 41.5 Å². The summed E-state index contributed by atoms with van der Waals surface area (Å²) >= 11 is 6.24. The fraction of sp³-hybridized carbons (Fsp3) is 0.579. The molecule has 1 saturated heterocycles. The largest absolute Gasteiger partial charge is 0.339 e. The predicted octanol–water partition coefficient (Wildman–Crippen LogP) is 3.57. The number of piperidine rings is 1. The van der Waals surface area contributed by atoms with Gasteiger partial charge in [0.25, 0.3) is 5.91 Å². The third-order valence-electron chi connectivity index (χ3n) is 5.67. The predicted molar refractivity (Wildman–Crippen MR) is 107 cm³/mol. The Hall–Kier alpha value is -1.30. The molecular formula is C19H27Cl2N3O2. The molecule has 1 saturated carbocycles. The van der Waals surface area contributed by atoms with Crippen molar-refractivity contribution in [3.05, 3.63) is 28.8 Å². The zero-order valence-electron chi connectivity index (χ0n) is 15.5. The number of hydrogen-bond acceptors (Lipinski definition) is 3. The van der Waals surface area contributed by atoms with Gasteiger partial charge in [-0.2, -0.15) is 0 Å². The van der Waals surface area contributed by atoms with E-state index >= 15 is 0 Å². The monoisotopic (exact) mass is 399 g/mol. The summed E-state index contributed by atoms with van der Waals surface area (Å²) in [6.45, 7) is 5.89. The van der Waals surface area contributed by atoms with Gasteiger partial charge in [-0.3, -0.25) is 9.59 Å². The molecule has 7 heteroatoms. The molecule has 1 aromatic carbocycles. The highest BCUT2D eigenvalue weighted by Crippen LogP contribution is 2.58. The van der Waals surface area contributed by atoms with Crippen LogP contribution >= 0.6 is 24.0 Å². The van der Waals surface area contributed by atoms with E-state index in [-0.39, 0.29) is 41.6 Å². The maximum atomic E-state index is 12.6. The van der Waals surface area contributed by atoms with Gasteiger partial charge in [-0.15, -0.1) is 12.4 Å². The second-order valence-electron chi connectivity index (χ2n) is 7.56. The minimum atomic E-state index is -0.0802. The standard InChI is InChI=1S/C19H26ClN3O2.ClH/c1-12(2)23(3)18(25)13-4-5-15(20)16(10-13)22-17(24)14-11-19(14)6-8-21-9-7-19;/h4-5,10,12,14,21H,6-9,11H2,1-3H3,(H,22,24);1H. The van der Waals surface area contributed by atoms with Crippen LogP contribution in [0.1, 0.15) is 43.5 Å². The summed E-state index contributed by atoms with van der Waals surface area (Å²) in [4.78, 5) is 26.8. The van der Waals surface area contributed by atoms with Crippen molar-refractivity contribution in [3.8, 4) is 0 Å². The summed E-state index contributed by atoms with van der Waals surface area (Å²) in [5.74, 6) is -0.00242. The average Bonchev–Trinajstić information content (AvgIpc) is 3.29. The van der Waals surface area contributed by atoms with Gasteiger partial charge >= 0.3 is 0 Å². The first-order valence-corrected chi connectivity index (χ1v) is 9.30. The van der Waals surface area contributed by atoms with Crippen molar-refractivity contribution in [2.75, 3.05) is 25.5 Å². The molecule has 0 bridgehead atoms. The van der Waals surface area contributed by atoms with Gasteiger partial charge < -0.3 is 15.5 Å². The first kappa shape index (κ1) is 21.0. The Balaban J connectivity index is 0.00000243. The molecule has 0 radical (unpaired) electrons. The molecule has 0 aromatic heterocycles. The Morgan fingerprint density at radius 1 is 1.31 bits per heavy atom. The van der Waals surface area contributed by atoms with Gasteiger partial charge in [0.2, 0.25) is 5.91 Å². The van der Waals surface area contributed by atoms with E-state index in [0.717, 1.165) is 32.4 Å². The molecule has 5 nitrogen and oxygen atoms in total. The highest BCUT2D eigenvalue weighted by molar-refractivity contribution is 6.34. The summed E-state index contributed by atoms with van der Waals surface area (Å²) in [5.41, 5.74) is 1.22. The zero-order valence-corrected chi connectivity index (χ0v) is 17.0. The molecule has 1 spiro atoms. The van der Waals surface area contributed by atoms with Crippen LogP contribution in [0.5, 0.6) is 0 Å². The van der Waals surface area contributed by atoms with Gasteiger partial charge in [-0.25, -0.2) is 0 Å². The topological polar surface area (TPSA) is 61.4 Å². The van der Waals surface area contributed by atoms with E-state index in [1.165, 1.54) is 0 Å². The lowest BCUT2D eigenvalue weighted by atomic mass is 9.92. The van der Waals surface area contributed by atoms with E-state index in [1.54, 1.807) is 30.1 Å². The highest BCUT2D eigenvalue weighted by Gasteiger charge is 2.57. The number of carbonyl (C=O) groups is 2. The van der Waals surface area contributed by atoms with Crippen LogP contribution < -0.4 is 10.6 Å². The van der Waals surface area contributed by atoms with Crippen molar-refractivity contribution in [2.45, 2.75) is 39.2 Å². The van der Waals surface area contributed by atoms with E-state index in [2.05, 4.69) is 10.6 Å². The molecule has 2 N–H and O–H groups in total. The first-order valence-electron chi connectivity index (χ1n) is 8.92. The van der Waals surface area contributed by atoms with Crippen LogP contribution in [0.15, 0.2) is 18.2 Å². The molecule has 3 rings (SSSR count). The van der Waals surface area contributed by atoms with E-state index in [0.29, 0.717) is 16.3 Å². The maximum absolute atomic E-state index is 12.6. The number of hydrogen-bond donors (Lipinski definition) is 2. The second kappa shape index (κ2) is 8.15. The third-order valence-corrected chi connectivity index (χ3v) is 6.00. The minimum absolute atomic E-state index is 0. The number of benzene rings is 1. The minimum Gasteiger partial charge on any atom is -0.339 e. The van der Waals surface area contributed by atoms with Gasteiger partial charge in [0.05, 0.1) is 10.7 Å². The Labute approximate surface area is 166 Å². The number of amides is 2. The van der Waals surface area contributed by atoms with Crippen LogP contribution in [0.2, 0.25) is 5.02 Å². The molecule has 2 fully saturated rings. The lowest BCUT2D eigenvalue weighted by Gasteiger charge is -2.23. The van der Waals surface area contributed by atoms with Crippen molar-refractivity contribution in [1.29, 1.82) is 0 Å². The molecule has 1 aliphatic heterocycles. The molecule has 1 atom stereocenters. The molecule has 1 aromatic rings. The number of carbonyl (C=O) groups excluding carboxylic acids is 2. The molecule has 144 valence electrons. The molecule has 1 heterocycles. The summed E-state index contributed by atoms with van der Waals surface area (Å²) in [6.07, 6.45) is 3.06. The van der Waals surface area contributed by atoms with Gasteiger partial charge in [-0.05, 0) is 69.8 Å². The number of anilines is 1. The van der Waals surface area contributed by atoms with Crippen LogP contribution in [-0.2, 0) is 4.79 Å². The normalized spacial score (nSPS) is 20.4. The van der Waals surface area contributed by atoms with E-state index in [1.807, 2.05) is 13.8 Å². The van der Waals surface area contributed by atoms with Crippen molar-refractivity contribution in [1.82, 2.24) is 10.2 Å². The molecule has 1 aliphatic carbocycles. The van der Waals surface area contributed by atoms with Crippen molar-refractivity contribution < 1.29 is 9.59 Å². The van der Waals surface area contributed by atoms with Gasteiger partial charge in [0.1, 0.15) is 0 Å². The molecule has 26 heavy (non-hydrogen) atoms. The van der Waals surface area contributed by atoms with E-state index in [9.17, 15) is 9.59 Å². The van der Waals surface area contributed by atoms with Crippen LogP contribution in [0, 0.1) is 11.3 Å². The fourth-order valence-corrected chi connectivity index (χ4v) is 3.77. The smallest absolute Gasteiger partial charge is 0.253 e. The fourth-order valence-electron chi connectivity index (χ4n) is 3.61. The maximum Gasteiger partial charge on any atom is 0.253 e. The van der Waals surface area contributed by atoms with Crippen LogP contribution in [0.25, 0.3) is 0 Å². The number of nitrogens with zero attached hydrogens (tertiary/aromatic N) is 1. The number of rotatable bonds is 4. The quantitative estimate of drug-likeness (QED) is 0.813. The second-order valence-corrected chi connectivity index (χ2v) is 7.97. The Kier molecular flexibility index (Phi) is 6.59. The molecule has 2 aliphatic rings. The van der Waals surface area contributed by atoms with Gasteiger partial charge in [0.15, 0.2) is 0 Å². The lowest BCUT2D eigenvalue weighted by molar-refractivity contribution is -0.118. The summed E-state index contributed by atoms with van der Waals surface area (Å²) in [6, 6.07) is 5.16. The molecular weight excluding hydrogens is 373 g/mol. The van der Waals surface area contributed by atoms with Crippen LogP contribution in [0.3, 0.4) is 0 Å². The van der Waals surface area contributed by atoms with Gasteiger partial charge in [0, 0.05) is 24.6 Å². The van der Waals surface area contributed by atoms with Crippen molar-refractivity contribution in [3.63, 3.8) is 0 Å². The van der Waals surface area contributed by atoms with Crippen LogP contribution in [-0.4, -0.2) is 42.9 Å². The third kappa shape index (κ3) is 4.16. The van der Waals surface area contributed by atoms with Crippen molar-refractivity contribution in [2.24, 2.45) is 11.3 Å².